The Labute approximate surface area is 203 Å². The Morgan fingerprint density at radius 3 is 2.31 bits per heavy atom. The van der Waals surface area contributed by atoms with Gasteiger partial charge in [-0.25, -0.2) is 9.59 Å². The van der Waals surface area contributed by atoms with E-state index in [-0.39, 0.29) is 11.2 Å². The number of carboxylic acids is 1. The van der Waals surface area contributed by atoms with Crippen molar-refractivity contribution in [3.63, 3.8) is 0 Å². The number of anilines is 1. The van der Waals surface area contributed by atoms with Crippen molar-refractivity contribution in [3.05, 3.63) is 56.7 Å². The molecule has 1 fully saturated rings. The number of rotatable bonds is 4. The first kappa shape index (κ1) is 26.6. The summed E-state index contributed by atoms with van der Waals surface area (Å²) in [4.78, 5) is 41.8. The molecule has 192 valence electrons. The maximum atomic E-state index is 13.0. The van der Waals surface area contributed by atoms with E-state index in [1.54, 1.807) is 11.5 Å². The molecule has 2 N–H and O–H groups in total. The molecule has 0 spiro atoms. The first-order valence-electron chi connectivity index (χ1n) is 11.0. The van der Waals surface area contributed by atoms with Crippen molar-refractivity contribution in [2.75, 3.05) is 31.1 Å². The van der Waals surface area contributed by atoms with Crippen LogP contribution in [0.5, 0.6) is 0 Å². The minimum absolute atomic E-state index is 0.346. The maximum absolute atomic E-state index is 13.0. The number of imidazole rings is 1. The number of fused-ring (bicyclic) bond motifs is 1. The lowest BCUT2D eigenvalue weighted by molar-refractivity contribution is -0.192. The second-order valence-corrected chi connectivity index (χ2v) is 7.86. The lowest BCUT2D eigenvalue weighted by Gasteiger charge is -2.28. The highest BCUT2D eigenvalue weighted by molar-refractivity contribution is 5.75. The van der Waals surface area contributed by atoms with Crippen molar-refractivity contribution >= 4 is 23.1 Å². The molecule has 36 heavy (non-hydrogen) atoms. The number of halogens is 3. The molecule has 0 radical (unpaired) electrons. The van der Waals surface area contributed by atoms with E-state index in [1.165, 1.54) is 7.05 Å². The number of hydrogen-bond acceptors (Lipinski definition) is 6. The van der Waals surface area contributed by atoms with Crippen LogP contribution >= 0.6 is 0 Å². The highest BCUT2D eigenvalue weighted by Crippen LogP contribution is 2.21. The number of carbonyl (C=O) groups is 1. The highest BCUT2D eigenvalue weighted by atomic mass is 19.4. The summed E-state index contributed by atoms with van der Waals surface area (Å²) in [5, 5.41) is 10.5. The van der Waals surface area contributed by atoms with Crippen molar-refractivity contribution in [2.45, 2.75) is 26.2 Å². The Morgan fingerprint density at radius 1 is 1.14 bits per heavy atom. The van der Waals surface area contributed by atoms with Crippen LogP contribution < -0.4 is 21.5 Å². The van der Waals surface area contributed by atoms with Crippen molar-refractivity contribution < 1.29 is 23.1 Å². The Bertz CT molecular complexity index is 1410. The van der Waals surface area contributed by atoms with Crippen LogP contribution in [-0.4, -0.2) is 62.1 Å². The number of alkyl halides is 3. The number of carboxylic acid groups (broad SMARTS) is 1. The van der Waals surface area contributed by atoms with E-state index < -0.39 is 12.1 Å². The van der Waals surface area contributed by atoms with Gasteiger partial charge in [-0.05, 0) is 12.5 Å². The Balaban J connectivity index is 0.000000454. The minimum Gasteiger partial charge on any atom is -0.475 e. The standard InChI is InChI=1S/C21H24N6O2.C2HF3O2/c1-3-4-12-26-17-18(23-20(26)25-13-10-22-11-14-25)27(21(29)24(2)19(17)28)15-16-8-6-5-7-9-16;3-2(4,5)1(6)7/h5-9,22H,10-15H2,1-2H3;(H,6,7). The van der Waals surface area contributed by atoms with Crippen LogP contribution in [0, 0.1) is 11.8 Å². The molecule has 1 aliphatic heterocycles. The van der Waals surface area contributed by atoms with Crippen molar-refractivity contribution in [2.24, 2.45) is 7.05 Å². The van der Waals surface area contributed by atoms with E-state index >= 15 is 0 Å². The molecule has 1 aliphatic rings. The molecule has 0 saturated carbocycles. The number of aromatic nitrogens is 4. The van der Waals surface area contributed by atoms with E-state index in [4.69, 9.17) is 14.9 Å². The van der Waals surface area contributed by atoms with Crippen molar-refractivity contribution in [3.8, 4) is 11.8 Å². The number of nitrogens with zero attached hydrogens (tertiary/aromatic N) is 5. The summed E-state index contributed by atoms with van der Waals surface area (Å²) in [6, 6.07) is 9.71. The molecule has 3 aromatic rings. The van der Waals surface area contributed by atoms with Crippen molar-refractivity contribution in [1.82, 2.24) is 24.0 Å². The molecule has 0 aliphatic carbocycles. The van der Waals surface area contributed by atoms with Gasteiger partial charge in [0.05, 0.1) is 13.1 Å². The fraction of sp³-hybridized carbons (Fsp3) is 0.391. The van der Waals surface area contributed by atoms with Crippen LogP contribution in [0.2, 0.25) is 0 Å². The van der Waals surface area contributed by atoms with Gasteiger partial charge in [0.25, 0.3) is 5.56 Å². The van der Waals surface area contributed by atoms with Gasteiger partial charge in [0.1, 0.15) is 0 Å². The molecule has 3 heterocycles. The van der Waals surface area contributed by atoms with Gasteiger partial charge in [0.2, 0.25) is 5.95 Å². The van der Waals surface area contributed by atoms with Gasteiger partial charge in [0.15, 0.2) is 11.2 Å². The largest absolute Gasteiger partial charge is 0.490 e. The minimum atomic E-state index is -5.08. The molecule has 1 aromatic carbocycles. The highest BCUT2D eigenvalue weighted by Gasteiger charge is 2.38. The fourth-order valence-corrected chi connectivity index (χ4v) is 3.67. The molecule has 0 amide bonds. The molecule has 4 rings (SSSR count). The zero-order valence-corrected chi connectivity index (χ0v) is 19.7. The average molecular weight is 506 g/mol. The fourth-order valence-electron chi connectivity index (χ4n) is 3.67. The van der Waals surface area contributed by atoms with Gasteiger partial charge in [-0.1, -0.05) is 36.3 Å². The van der Waals surface area contributed by atoms with Gasteiger partial charge < -0.3 is 15.3 Å². The number of piperazine rings is 1. The molecular formula is C23H25F3N6O4. The molecule has 1 saturated heterocycles. The van der Waals surface area contributed by atoms with Gasteiger partial charge in [-0.3, -0.25) is 18.5 Å². The lowest BCUT2D eigenvalue weighted by atomic mass is 10.2. The number of hydrogen-bond donors (Lipinski definition) is 2. The lowest BCUT2D eigenvalue weighted by Crippen LogP contribution is -2.44. The van der Waals surface area contributed by atoms with Crippen LogP contribution in [0.15, 0.2) is 39.9 Å². The second kappa shape index (κ2) is 11.1. The quantitative estimate of drug-likeness (QED) is 0.508. The molecular weight excluding hydrogens is 481 g/mol. The molecule has 0 unspecified atom stereocenters. The summed E-state index contributed by atoms with van der Waals surface area (Å²) in [7, 11) is 1.51. The van der Waals surface area contributed by atoms with Gasteiger partial charge in [0, 0.05) is 33.2 Å². The Morgan fingerprint density at radius 2 is 1.75 bits per heavy atom. The molecule has 0 atom stereocenters. The van der Waals surface area contributed by atoms with Crippen molar-refractivity contribution in [1.29, 1.82) is 0 Å². The van der Waals surface area contributed by atoms with Crippen LogP contribution in [0.4, 0.5) is 19.1 Å². The van der Waals surface area contributed by atoms with E-state index in [9.17, 15) is 22.8 Å². The number of nitrogens with one attached hydrogen (secondary N) is 1. The monoisotopic (exact) mass is 506 g/mol. The molecule has 13 heteroatoms. The molecule has 10 nitrogen and oxygen atoms in total. The normalized spacial score (nSPS) is 13.5. The smallest absolute Gasteiger partial charge is 0.475 e. The Kier molecular flexibility index (Phi) is 8.21. The Hall–Kier alpha value is -4.05. The van der Waals surface area contributed by atoms with E-state index in [2.05, 4.69) is 22.1 Å². The van der Waals surface area contributed by atoms with Crippen LogP contribution in [-0.2, 0) is 24.9 Å². The van der Waals surface area contributed by atoms with E-state index in [1.807, 2.05) is 34.9 Å². The first-order chi connectivity index (χ1) is 17.1. The summed E-state index contributed by atoms with van der Waals surface area (Å²) < 4.78 is 36.3. The van der Waals surface area contributed by atoms with Gasteiger partial charge >= 0.3 is 17.8 Å². The zero-order valence-electron chi connectivity index (χ0n) is 19.7. The van der Waals surface area contributed by atoms with E-state index in [0.29, 0.717) is 30.2 Å². The summed E-state index contributed by atoms with van der Waals surface area (Å²) >= 11 is 0. The zero-order chi connectivity index (χ0) is 26.5. The number of aliphatic carboxylic acids is 1. The summed E-state index contributed by atoms with van der Waals surface area (Å²) in [5.41, 5.74) is 1.08. The maximum Gasteiger partial charge on any atom is 0.490 e. The predicted molar refractivity (Wildman–Crippen MR) is 127 cm³/mol. The SMILES string of the molecule is CC#CCn1c(N2CCNCC2)nc2c1c(=O)n(C)c(=O)n2Cc1ccccc1.O=C(O)C(F)(F)F. The summed E-state index contributed by atoms with van der Waals surface area (Å²) in [6.45, 7) is 5.73. The molecule has 2 aromatic heterocycles. The van der Waals surface area contributed by atoms with Crippen LogP contribution in [0.25, 0.3) is 11.2 Å². The van der Waals surface area contributed by atoms with Gasteiger partial charge in [-0.2, -0.15) is 18.2 Å². The van der Waals surface area contributed by atoms with Crippen LogP contribution in [0.3, 0.4) is 0 Å². The first-order valence-corrected chi connectivity index (χ1v) is 11.0. The second-order valence-electron chi connectivity index (χ2n) is 7.86. The van der Waals surface area contributed by atoms with Gasteiger partial charge in [-0.15, -0.1) is 5.92 Å². The van der Waals surface area contributed by atoms with Crippen LogP contribution in [0.1, 0.15) is 12.5 Å². The summed E-state index contributed by atoms with van der Waals surface area (Å²) in [5.74, 6) is 3.87. The predicted octanol–water partition coefficient (Wildman–Crippen LogP) is 1.01. The number of benzene rings is 1. The third-order valence-corrected chi connectivity index (χ3v) is 5.45. The average Bonchev–Trinajstić information content (AvgIpc) is 3.24. The van der Waals surface area contributed by atoms with E-state index in [0.717, 1.165) is 36.3 Å². The third kappa shape index (κ3) is 5.77. The molecule has 0 bridgehead atoms. The topological polar surface area (TPSA) is 114 Å². The third-order valence-electron chi connectivity index (χ3n) is 5.45. The summed E-state index contributed by atoms with van der Waals surface area (Å²) in [6.07, 6.45) is -5.08.